The summed E-state index contributed by atoms with van der Waals surface area (Å²) in [4.78, 5) is 48.5. The fraction of sp³-hybridized carbons (Fsp3) is 0.643. The molecule has 0 saturated carbocycles. The summed E-state index contributed by atoms with van der Waals surface area (Å²) >= 11 is 0. The number of esters is 4. The summed E-state index contributed by atoms with van der Waals surface area (Å²) in [5.74, 6) is -3.51. The van der Waals surface area contributed by atoms with Crippen LogP contribution in [0.2, 0.25) is 0 Å². The van der Waals surface area contributed by atoms with Crippen LogP contribution in [0.3, 0.4) is 0 Å². The first-order valence-electron chi connectivity index (χ1n) is 12.8. The van der Waals surface area contributed by atoms with E-state index < -0.39 is 72.3 Å². The van der Waals surface area contributed by atoms with Gasteiger partial charge >= 0.3 is 23.9 Å². The van der Waals surface area contributed by atoms with Gasteiger partial charge in [0.1, 0.15) is 12.2 Å². The average Bonchev–Trinajstić information content (AvgIpc) is 2.79. The molecule has 3 N–H and O–H groups in total. The first-order valence-corrected chi connectivity index (χ1v) is 12.8. The van der Waals surface area contributed by atoms with Gasteiger partial charge in [0.25, 0.3) is 0 Å². The minimum Gasteiger partial charge on any atom is -0.458 e. The molecule has 0 spiro atoms. The molecule has 218 valence electrons. The third-order valence-electron chi connectivity index (χ3n) is 7.37. The van der Waals surface area contributed by atoms with E-state index in [1.807, 2.05) is 0 Å². The van der Waals surface area contributed by atoms with Crippen LogP contribution < -0.4 is 0 Å². The monoisotopic (exact) mass is 552 g/mol. The van der Waals surface area contributed by atoms with E-state index in [2.05, 4.69) is 0 Å². The van der Waals surface area contributed by atoms with Gasteiger partial charge in [-0.25, -0.2) is 0 Å². The molecule has 11 nitrogen and oxygen atoms in total. The summed E-state index contributed by atoms with van der Waals surface area (Å²) < 4.78 is 22.3. The highest BCUT2D eigenvalue weighted by Gasteiger charge is 2.50. The predicted molar refractivity (Wildman–Crippen MR) is 138 cm³/mol. The zero-order valence-electron chi connectivity index (χ0n) is 23.8. The SMILES string of the molecule is CC(=O)O/C1=C(\C)[C@@H](O)C[C@H](OC(C)=O)/C(CO)=C/[C@@H](O)[C@@H]2C[C@H](OC(C)=O)C(C)=C([C@H]1OC(C)=O)C2(C)C. The van der Waals surface area contributed by atoms with Crippen LogP contribution >= 0.6 is 0 Å². The largest absolute Gasteiger partial charge is 0.458 e. The van der Waals surface area contributed by atoms with Crippen molar-refractivity contribution in [2.45, 2.75) is 98.8 Å². The van der Waals surface area contributed by atoms with Gasteiger partial charge in [-0.3, -0.25) is 19.2 Å². The Morgan fingerprint density at radius 2 is 1.38 bits per heavy atom. The van der Waals surface area contributed by atoms with E-state index >= 15 is 0 Å². The molecular weight excluding hydrogens is 512 g/mol. The van der Waals surface area contributed by atoms with Crippen LogP contribution in [0.1, 0.15) is 68.2 Å². The molecule has 2 bridgehead atoms. The number of ether oxygens (including phenoxy) is 4. The Morgan fingerprint density at radius 3 is 1.87 bits per heavy atom. The average molecular weight is 553 g/mol. The lowest BCUT2D eigenvalue weighted by Gasteiger charge is -2.48. The van der Waals surface area contributed by atoms with E-state index in [1.165, 1.54) is 33.8 Å². The van der Waals surface area contributed by atoms with Crippen LogP contribution in [0, 0.1) is 11.3 Å². The number of hydrogen-bond acceptors (Lipinski definition) is 11. The van der Waals surface area contributed by atoms with Gasteiger partial charge in [-0.2, -0.15) is 0 Å². The minimum absolute atomic E-state index is 0.120. The van der Waals surface area contributed by atoms with Crippen molar-refractivity contribution in [3.63, 3.8) is 0 Å². The van der Waals surface area contributed by atoms with Crippen molar-refractivity contribution in [3.05, 3.63) is 34.1 Å². The molecule has 0 unspecified atom stereocenters. The summed E-state index contributed by atoms with van der Waals surface area (Å²) in [6.07, 6.45) is -4.61. The van der Waals surface area contributed by atoms with E-state index in [-0.39, 0.29) is 29.7 Å². The van der Waals surface area contributed by atoms with Gasteiger partial charge in [-0.15, -0.1) is 0 Å². The number of fused-ring (bicyclic) bond motifs is 2. The molecule has 11 heteroatoms. The lowest BCUT2D eigenvalue weighted by Crippen LogP contribution is -2.48. The summed E-state index contributed by atoms with van der Waals surface area (Å²) in [7, 11) is 0. The quantitative estimate of drug-likeness (QED) is 0.259. The van der Waals surface area contributed by atoms with Crippen molar-refractivity contribution < 1.29 is 53.4 Å². The highest BCUT2D eigenvalue weighted by atomic mass is 16.6. The molecule has 2 rings (SSSR count). The predicted octanol–water partition coefficient (Wildman–Crippen LogP) is 2.03. The fourth-order valence-electron chi connectivity index (χ4n) is 5.55. The summed E-state index contributed by atoms with van der Waals surface area (Å²) in [5.41, 5.74) is 0.276. The highest BCUT2D eigenvalue weighted by molar-refractivity contribution is 5.70. The Bertz CT molecular complexity index is 1080. The fourth-order valence-corrected chi connectivity index (χ4v) is 5.55. The molecule has 0 aromatic carbocycles. The number of aliphatic hydroxyl groups excluding tert-OH is 3. The molecule has 0 saturated heterocycles. The van der Waals surface area contributed by atoms with Crippen LogP contribution in [0.4, 0.5) is 0 Å². The first-order chi connectivity index (χ1) is 18.0. The molecule has 6 atom stereocenters. The van der Waals surface area contributed by atoms with E-state index in [9.17, 15) is 34.5 Å². The summed E-state index contributed by atoms with van der Waals surface area (Å²) in [6.45, 7) is 11.0. The molecule has 2 aliphatic rings. The van der Waals surface area contributed by atoms with Crippen molar-refractivity contribution in [2.24, 2.45) is 11.3 Å². The molecule has 0 aromatic heterocycles. The van der Waals surface area contributed by atoms with E-state index in [0.29, 0.717) is 11.1 Å². The van der Waals surface area contributed by atoms with Crippen LogP contribution in [-0.2, 0) is 38.1 Å². The number of rotatable bonds is 5. The molecule has 2 aliphatic carbocycles. The second-order valence-corrected chi connectivity index (χ2v) is 10.6. The minimum atomic E-state index is -1.39. The lowest BCUT2D eigenvalue weighted by molar-refractivity contribution is -0.152. The molecule has 39 heavy (non-hydrogen) atoms. The van der Waals surface area contributed by atoms with Gasteiger partial charge in [0.05, 0.1) is 18.8 Å². The molecular formula is C28H40O11. The Labute approximate surface area is 228 Å². The Kier molecular flexibility index (Phi) is 10.6. The number of hydrogen-bond donors (Lipinski definition) is 3. The number of carbonyl (C=O) groups excluding carboxylic acids is 4. The van der Waals surface area contributed by atoms with E-state index in [4.69, 9.17) is 18.9 Å². The topological polar surface area (TPSA) is 166 Å². The molecule has 0 aliphatic heterocycles. The maximum absolute atomic E-state index is 12.4. The molecule has 0 amide bonds. The first kappa shape index (κ1) is 32.2. The third kappa shape index (κ3) is 7.55. The van der Waals surface area contributed by atoms with E-state index in [1.54, 1.807) is 20.8 Å². The second-order valence-electron chi connectivity index (χ2n) is 10.6. The summed E-state index contributed by atoms with van der Waals surface area (Å²) in [5, 5.41) is 32.8. The van der Waals surface area contributed by atoms with Crippen LogP contribution in [0.5, 0.6) is 0 Å². The smallest absolute Gasteiger partial charge is 0.307 e. The van der Waals surface area contributed by atoms with Crippen LogP contribution in [-0.4, -0.2) is 76.3 Å². The van der Waals surface area contributed by atoms with Crippen LogP contribution in [0.25, 0.3) is 0 Å². The van der Waals surface area contributed by atoms with E-state index in [0.717, 1.165) is 6.92 Å². The van der Waals surface area contributed by atoms with Crippen molar-refractivity contribution in [3.8, 4) is 0 Å². The van der Waals surface area contributed by atoms with Crippen LogP contribution in [0.15, 0.2) is 34.1 Å². The molecule has 0 fully saturated rings. The van der Waals surface area contributed by atoms with Gasteiger partial charge < -0.3 is 34.3 Å². The molecule has 0 aromatic rings. The Morgan fingerprint density at radius 1 is 0.846 bits per heavy atom. The highest BCUT2D eigenvalue weighted by Crippen LogP contribution is 2.51. The maximum Gasteiger partial charge on any atom is 0.307 e. The van der Waals surface area contributed by atoms with Crippen molar-refractivity contribution >= 4 is 23.9 Å². The lowest BCUT2D eigenvalue weighted by atomic mass is 9.60. The zero-order chi connectivity index (χ0) is 29.8. The molecule has 0 radical (unpaired) electrons. The number of carbonyl (C=O) groups is 4. The van der Waals surface area contributed by atoms with Gasteiger partial charge in [-0.05, 0) is 48.0 Å². The molecule has 0 heterocycles. The van der Waals surface area contributed by atoms with Gasteiger partial charge in [0.2, 0.25) is 0 Å². The third-order valence-corrected chi connectivity index (χ3v) is 7.37. The van der Waals surface area contributed by atoms with Gasteiger partial charge in [0.15, 0.2) is 11.9 Å². The van der Waals surface area contributed by atoms with Gasteiger partial charge in [-0.1, -0.05) is 19.9 Å². The van der Waals surface area contributed by atoms with Crippen molar-refractivity contribution in [2.75, 3.05) is 6.61 Å². The number of aliphatic hydroxyl groups is 3. The Balaban J connectivity index is 3.01. The standard InChI is InChI=1S/C28H40O11/c1-13-21(34)11-24(37-16(4)31)19(12-29)9-22(35)20-10-23(36-15(3)30)14(2)25(28(20,7)8)27(39-18(6)33)26(13)38-17(5)32/h9,20-24,27,29,34-35H,10-12H2,1-8H3/b19-9+,26-13+/t20-,21-,22+,23-,24-,27+/m0/s1. The Hall–Kier alpha value is -3.02. The van der Waals surface area contributed by atoms with Gasteiger partial charge in [0, 0.05) is 40.0 Å². The maximum atomic E-state index is 12.4. The summed E-state index contributed by atoms with van der Waals surface area (Å²) in [6, 6.07) is 0. The zero-order valence-corrected chi connectivity index (χ0v) is 23.8. The van der Waals surface area contributed by atoms with Crippen molar-refractivity contribution in [1.82, 2.24) is 0 Å². The second kappa shape index (κ2) is 12.9. The van der Waals surface area contributed by atoms with Crippen molar-refractivity contribution in [1.29, 1.82) is 0 Å². The normalized spacial score (nSPS) is 32.5.